The van der Waals surface area contributed by atoms with Gasteiger partial charge in [-0.15, -0.1) is 0 Å². The van der Waals surface area contributed by atoms with E-state index in [0.29, 0.717) is 13.0 Å². The van der Waals surface area contributed by atoms with E-state index in [9.17, 15) is 9.59 Å². The van der Waals surface area contributed by atoms with Crippen LogP contribution in [0.5, 0.6) is 0 Å². The smallest absolute Gasteiger partial charge is 0.237 e. The van der Waals surface area contributed by atoms with Gasteiger partial charge in [0.15, 0.2) is 0 Å². The van der Waals surface area contributed by atoms with Crippen LogP contribution in [0.4, 0.5) is 5.69 Å². The average molecular weight is 259 g/mol. The van der Waals surface area contributed by atoms with Gasteiger partial charge in [0, 0.05) is 12.2 Å². The summed E-state index contributed by atoms with van der Waals surface area (Å²) in [5.41, 5.74) is 2.93. The van der Waals surface area contributed by atoms with Crippen molar-refractivity contribution in [3.05, 3.63) is 29.3 Å². The molecule has 100 valence electrons. The van der Waals surface area contributed by atoms with Gasteiger partial charge in [-0.05, 0) is 36.6 Å². The molecule has 2 aliphatic rings. The Morgan fingerprint density at radius 2 is 2.32 bits per heavy atom. The molecule has 5 heteroatoms. The summed E-state index contributed by atoms with van der Waals surface area (Å²) in [7, 11) is 0. The van der Waals surface area contributed by atoms with Crippen molar-refractivity contribution >= 4 is 17.5 Å². The van der Waals surface area contributed by atoms with E-state index in [0.717, 1.165) is 36.2 Å². The van der Waals surface area contributed by atoms with Crippen LogP contribution in [0.3, 0.4) is 0 Å². The average Bonchev–Trinajstić information content (AvgIpc) is 3.03. The first kappa shape index (κ1) is 12.2. The lowest BCUT2D eigenvalue weighted by atomic mass is 10.1. The molecule has 0 radical (unpaired) electrons. The Hall–Kier alpha value is -1.88. The lowest BCUT2D eigenvalue weighted by Crippen LogP contribution is -2.39. The number of hydrogen-bond acceptors (Lipinski definition) is 3. The van der Waals surface area contributed by atoms with E-state index < -0.39 is 0 Å². The van der Waals surface area contributed by atoms with Crippen molar-refractivity contribution in [3.63, 3.8) is 0 Å². The second kappa shape index (κ2) is 5.01. The first-order chi connectivity index (χ1) is 9.22. The molecule has 1 unspecified atom stereocenters. The van der Waals surface area contributed by atoms with E-state index in [4.69, 9.17) is 0 Å². The molecule has 1 fully saturated rings. The third kappa shape index (κ3) is 2.61. The van der Waals surface area contributed by atoms with E-state index in [1.54, 1.807) is 0 Å². The van der Waals surface area contributed by atoms with E-state index >= 15 is 0 Å². The van der Waals surface area contributed by atoms with Crippen molar-refractivity contribution in [3.8, 4) is 0 Å². The fourth-order valence-electron chi connectivity index (χ4n) is 2.61. The molecule has 1 aromatic carbocycles. The first-order valence-corrected chi connectivity index (χ1v) is 6.65. The zero-order valence-corrected chi connectivity index (χ0v) is 10.7. The normalized spacial score (nSPS) is 21.1. The molecular formula is C14H17N3O2. The minimum absolute atomic E-state index is 0.0336. The Kier molecular flexibility index (Phi) is 3.21. The van der Waals surface area contributed by atoms with Crippen LogP contribution in [0.25, 0.3) is 0 Å². The second-order valence-corrected chi connectivity index (χ2v) is 5.08. The van der Waals surface area contributed by atoms with Crippen LogP contribution in [0.15, 0.2) is 18.2 Å². The van der Waals surface area contributed by atoms with Crippen molar-refractivity contribution < 1.29 is 9.59 Å². The molecule has 0 aliphatic carbocycles. The van der Waals surface area contributed by atoms with E-state index in [1.165, 1.54) is 0 Å². The van der Waals surface area contributed by atoms with Gasteiger partial charge in [0.25, 0.3) is 0 Å². The van der Waals surface area contributed by atoms with Crippen molar-refractivity contribution in [1.82, 2.24) is 10.6 Å². The number of carbonyl (C=O) groups excluding carboxylic acids is 2. The molecule has 2 aliphatic heterocycles. The van der Waals surface area contributed by atoms with E-state index in [-0.39, 0.29) is 17.9 Å². The number of hydrogen-bond donors (Lipinski definition) is 3. The summed E-state index contributed by atoms with van der Waals surface area (Å²) in [6, 6.07) is 5.77. The molecule has 0 aromatic heterocycles. The number of anilines is 1. The molecule has 3 rings (SSSR count). The van der Waals surface area contributed by atoms with E-state index in [2.05, 4.69) is 16.0 Å². The predicted octanol–water partition coefficient (Wildman–Crippen LogP) is 0.549. The summed E-state index contributed by atoms with van der Waals surface area (Å²) in [6.45, 7) is 1.43. The Bertz CT molecular complexity index is 521. The van der Waals surface area contributed by atoms with Gasteiger partial charge in [-0.25, -0.2) is 0 Å². The maximum atomic E-state index is 11.9. The maximum absolute atomic E-state index is 11.9. The molecule has 0 spiro atoms. The number of fused-ring (bicyclic) bond motifs is 1. The summed E-state index contributed by atoms with van der Waals surface area (Å²) >= 11 is 0. The molecule has 5 nitrogen and oxygen atoms in total. The van der Waals surface area contributed by atoms with Crippen LogP contribution < -0.4 is 16.0 Å². The van der Waals surface area contributed by atoms with Gasteiger partial charge >= 0.3 is 0 Å². The first-order valence-electron chi connectivity index (χ1n) is 6.65. The van der Waals surface area contributed by atoms with Crippen molar-refractivity contribution in [2.45, 2.75) is 31.8 Å². The highest BCUT2D eigenvalue weighted by atomic mass is 16.2. The molecule has 1 atom stereocenters. The van der Waals surface area contributed by atoms with Crippen molar-refractivity contribution in [1.29, 1.82) is 0 Å². The van der Waals surface area contributed by atoms with E-state index in [1.807, 2.05) is 18.2 Å². The molecule has 1 aromatic rings. The minimum atomic E-state index is -0.0438. The van der Waals surface area contributed by atoms with Gasteiger partial charge in [-0.2, -0.15) is 0 Å². The van der Waals surface area contributed by atoms with Gasteiger partial charge in [0.1, 0.15) is 0 Å². The zero-order valence-electron chi connectivity index (χ0n) is 10.7. The minimum Gasteiger partial charge on any atom is -0.351 e. The Labute approximate surface area is 111 Å². The Morgan fingerprint density at radius 1 is 1.42 bits per heavy atom. The van der Waals surface area contributed by atoms with Crippen LogP contribution >= 0.6 is 0 Å². The number of nitrogens with one attached hydrogen (secondary N) is 3. The topological polar surface area (TPSA) is 70.2 Å². The molecule has 3 N–H and O–H groups in total. The molecule has 0 bridgehead atoms. The van der Waals surface area contributed by atoms with Gasteiger partial charge in [-0.1, -0.05) is 12.1 Å². The molecular weight excluding hydrogens is 242 g/mol. The molecule has 2 amide bonds. The summed E-state index contributed by atoms with van der Waals surface area (Å²) in [4.78, 5) is 23.1. The standard InChI is InChI=1S/C14H17N3O2/c18-13-7-10-6-9(3-4-11(10)17-13)8-16-14(19)12-2-1-5-15-12/h3-4,6,12,15H,1-2,5,7-8H2,(H,16,19)(H,17,18). The second-order valence-electron chi connectivity index (χ2n) is 5.08. The van der Waals surface area contributed by atoms with Crippen LogP contribution in [0.1, 0.15) is 24.0 Å². The highest BCUT2D eigenvalue weighted by Gasteiger charge is 2.22. The summed E-state index contributed by atoms with van der Waals surface area (Å²) < 4.78 is 0. The molecule has 1 saturated heterocycles. The third-order valence-corrected chi connectivity index (χ3v) is 3.64. The molecule has 2 heterocycles. The zero-order chi connectivity index (χ0) is 13.2. The number of rotatable bonds is 3. The lowest BCUT2D eigenvalue weighted by molar-refractivity contribution is -0.123. The molecule has 19 heavy (non-hydrogen) atoms. The van der Waals surface area contributed by atoms with Gasteiger partial charge in [-0.3, -0.25) is 9.59 Å². The lowest BCUT2D eigenvalue weighted by Gasteiger charge is -2.11. The van der Waals surface area contributed by atoms with Crippen LogP contribution in [-0.2, 0) is 22.6 Å². The summed E-state index contributed by atoms with van der Waals surface area (Å²) in [5, 5.41) is 8.91. The number of amides is 2. The summed E-state index contributed by atoms with van der Waals surface area (Å²) in [6.07, 6.45) is 2.40. The van der Waals surface area contributed by atoms with Gasteiger partial charge < -0.3 is 16.0 Å². The van der Waals surface area contributed by atoms with Crippen LogP contribution in [0.2, 0.25) is 0 Å². The SMILES string of the molecule is O=C1Cc2cc(CNC(=O)C3CCCN3)ccc2N1. The fourth-order valence-corrected chi connectivity index (χ4v) is 2.61. The Balaban J connectivity index is 1.60. The highest BCUT2D eigenvalue weighted by Crippen LogP contribution is 2.23. The van der Waals surface area contributed by atoms with Gasteiger partial charge in [0.05, 0.1) is 12.5 Å². The van der Waals surface area contributed by atoms with Crippen LogP contribution in [0, 0.1) is 0 Å². The predicted molar refractivity (Wildman–Crippen MR) is 71.6 cm³/mol. The van der Waals surface area contributed by atoms with Crippen molar-refractivity contribution in [2.75, 3.05) is 11.9 Å². The highest BCUT2D eigenvalue weighted by molar-refractivity contribution is 5.99. The fraction of sp³-hybridized carbons (Fsp3) is 0.429. The monoisotopic (exact) mass is 259 g/mol. The largest absolute Gasteiger partial charge is 0.351 e. The summed E-state index contributed by atoms with van der Waals surface area (Å²) in [5.74, 6) is 0.0959. The van der Waals surface area contributed by atoms with Gasteiger partial charge in [0.2, 0.25) is 11.8 Å². The quantitative estimate of drug-likeness (QED) is 0.742. The third-order valence-electron chi connectivity index (χ3n) is 3.64. The van der Waals surface area contributed by atoms with Crippen molar-refractivity contribution in [2.24, 2.45) is 0 Å². The Morgan fingerprint density at radius 3 is 3.11 bits per heavy atom. The van der Waals surface area contributed by atoms with Crippen LogP contribution in [-0.4, -0.2) is 24.4 Å². The maximum Gasteiger partial charge on any atom is 0.237 e. The number of benzene rings is 1. The number of carbonyl (C=O) groups is 2. The molecule has 0 saturated carbocycles.